The van der Waals surface area contributed by atoms with Gasteiger partial charge in [-0.1, -0.05) is 84.5 Å². The second-order valence-electron chi connectivity index (χ2n) is 6.23. The van der Waals surface area contributed by atoms with E-state index in [2.05, 4.69) is 79.6 Å². The summed E-state index contributed by atoms with van der Waals surface area (Å²) in [6.07, 6.45) is 0. The first-order valence-electron chi connectivity index (χ1n) is 7.63. The van der Waals surface area contributed by atoms with Crippen molar-refractivity contribution in [2.75, 3.05) is 0 Å². The predicted molar refractivity (Wildman–Crippen MR) is 115 cm³/mol. The first-order valence-corrected chi connectivity index (χ1v) is 15.4. The molecule has 0 N–H and O–H groups in total. The molecule has 8 rings (SSSR count). The van der Waals surface area contributed by atoms with Crippen LogP contribution in [0.4, 0.5) is 0 Å². The Morgan fingerprint density at radius 3 is 1.54 bits per heavy atom. The van der Waals surface area contributed by atoms with Crippen molar-refractivity contribution in [3.05, 3.63) is 45.4 Å². The van der Waals surface area contributed by atoms with Gasteiger partial charge in [0.05, 0.1) is 0 Å². The first kappa shape index (κ1) is 13.0. The van der Waals surface area contributed by atoms with Gasteiger partial charge in [0, 0.05) is 50.1 Å². The van der Waals surface area contributed by atoms with Crippen molar-refractivity contribution in [1.29, 1.82) is 0 Å². The maximum Gasteiger partial charge on any atom is 0.0367 e. The molecule has 4 aromatic carbocycles. The van der Waals surface area contributed by atoms with Gasteiger partial charge in [0.25, 0.3) is 0 Å². The van der Waals surface area contributed by atoms with Crippen molar-refractivity contribution < 1.29 is 0 Å². The molecule has 4 aliphatic heterocycles. The Hall–Kier alpha value is -0.240. The fourth-order valence-electron chi connectivity index (χ4n) is 4.25. The molecule has 24 heavy (non-hydrogen) atoms. The van der Waals surface area contributed by atoms with Crippen molar-refractivity contribution in [2.45, 2.75) is 19.6 Å². The van der Waals surface area contributed by atoms with Crippen LogP contribution in [0.1, 0.15) is 0 Å². The van der Waals surface area contributed by atoms with Gasteiger partial charge < -0.3 is 0 Å². The molecule has 0 radical (unpaired) electrons. The van der Waals surface area contributed by atoms with Crippen molar-refractivity contribution >= 4 is 92.6 Å². The van der Waals surface area contributed by atoms with Crippen molar-refractivity contribution in [2.24, 2.45) is 0 Å². The Morgan fingerprint density at radius 2 is 1.04 bits per heavy atom. The highest BCUT2D eigenvalue weighted by Gasteiger charge is 2.35. The van der Waals surface area contributed by atoms with E-state index in [0.717, 1.165) is 0 Å². The van der Waals surface area contributed by atoms with E-state index in [1.165, 1.54) is 20.6 Å². The highest BCUT2D eigenvalue weighted by molar-refractivity contribution is 9.14. The minimum absolute atomic E-state index is 0.250. The van der Waals surface area contributed by atoms with E-state index in [4.69, 9.17) is 0 Å². The highest BCUT2D eigenvalue weighted by atomic mass is 33.5. The monoisotopic (exact) mass is 414 g/mol. The standard InChI is InChI=1S/C18H6S6/c1-3-7-11-9(5-1)19-23-17(11)14-13-15(7)21-24-18(13)12-8(16(14)22-23)4-2-6-10(12)20-24/h1-6H. The number of rotatable bonds is 0. The molecule has 0 spiro atoms. The van der Waals surface area contributed by atoms with Crippen LogP contribution in [0, 0.1) is 9.02 Å². The Bertz CT molecular complexity index is 1380. The highest BCUT2D eigenvalue weighted by Crippen LogP contribution is 2.73. The summed E-state index contributed by atoms with van der Waals surface area (Å²) in [6.45, 7) is 0. The van der Waals surface area contributed by atoms with Crippen LogP contribution in [0.5, 0.6) is 0 Å². The molecule has 114 valence electrons. The lowest BCUT2D eigenvalue weighted by Gasteiger charge is -2.13. The third-order valence-electron chi connectivity index (χ3n) is 5.14. The molecule has 4 aliphatic rings. The third-order valence-corrected chi connectivity index (χ3v) is 17.8. The van der Waals surface area contributed by atoms with Gasteiger partial charge in [0.1, 0.15) is 0 Å². The average molecular weight is 415 g/mol. The predicted octanol–water partition coefficient (Wildman–Crippen LogP) is 8.27. The van der Waals surface area contributed by atoms with Crippen LogP contribution < -0.4 is 0 Å². The van der Waals surface area contributed by atoms with Gasteiger partial charge in [-0.05, 0) is 22.9 Å². The van der Waals surface area contributed by atoms with E-state index >= 15 is 0 Å². The summed E-state index contributed by atoms with van der Waals surface area (Å²) in [6, 6.07) is 13.9. The molecule has 2 unspecified atom stereocenters. The van der Waals surface area contributed by atoms with Gasteiger partial charge in [0.15, 0.2) is 0 Å². The SMILES string of the molecule is c1cc2c3c4c5c(c6cccc7c6c6c5c(c3c1)SS=6S7)SS=4S2. The number of fused-ring (bicyclic) bond motifs is 2. The maximum atomic E-state index is 2.37. The van der Waals surface area contributed by atoms with Gasteiger partial charge in [-0.15, -0.1) is 0 Å². The van der Waals surface area contributed by atoms with Crippen LogP contribution in [-0.2, 0) is 0 Å². The van der Waals surface area contributed by atoms with E-state index in [9.17, 15) is 0 Å². The van der Waals surface area contributed by atoms with Crippen LogP contribution in [0.15, 0.2) is 56.0 Å². The zero-order chi connectivity index (χ0) is 15.2. The average Bonchev–Trinajstić information content (AvgIpc) is 3.29. The molecule has 4 aromatic rings. The Balaban J connectivity index is 1.89. The third kappa shape index (κ3) is 1.22. The fraction of sp³-hybridized carbons (Fsp3) is 0. The molecule has 0 aromatic heterocycles. The van der Waals surface area contributed by atoms with E-state index in [-0.39, 0.29) is 17.1 Å². The topological polar surface area (TPSA) is 0 Å². The molecule has 0 aliphatic carbocycles. The van der Waals surface area contributed by atoms with Crippen LogP contribution in [0.25, 0.3) is 32.3 Å². The van der Waals surface area contributed by atoms with Gasteiger partial charge in [-0.2, -0.15) is 0 Å². The second-order valence-corrected chi connectivity index (χ2v) is 17.6. The van der Waals surface area contributed by atoms with E-state index in [1.807, 2.05) is 0 Å². The quantitative estimate of drug-likeness (QED) is 0.161. The number of benzene rings is 4. The summed E-state index contributed by atoms with van der Waals surface area (Å²) in [4.78, 5) is 6.16. The van der Waals surface area contributed by atoms with Crippen LogP contribution >= 0.6 is 60.3 Å². The molecular weight excluding hydrogens is 409 g/mol. The molecular formula is C18H6S6. The molecule has 0 saturated carbocycles. The normalized spacial score (nSPS) is 24.0. The van der Waals surface area contributed by atoms with E-state index < -0.39 is 0 Å². The van der Waals surface area contributed by atoms with Crippen LogP contribution in [0.2, 0.25) is 0 Å². The van der Waals surface area contributed by atoms with Gasteiger partial charge in [-0.3, -0.25) is 0 Å². The molecule has 0 bridgehead atoms. The molecule has 4 heterocycles. The molecule has 0 saturated heterocycles. The van der Waals surface area contributed by atoms with Gasteiger partial charge in [0.2, 0.25) is 0 Å². The summed E-state index contributed by atoms with van der Waals surface area (Å²) in [7, 11) is 8.95. The zero-order valence-electron chi connectivity index (χ0n) is 11.9. The first-order chi connectivity index (χ1) is 11.9. The summed E-state index contributed by atoms with van der Waals surface area (Å²) < 4.78 is 3.33. The molecule has 0 nitrogen and oxygen atoms in total. The lowest BCUT2D eigenvalue weighted by Crippen LogP contribution is -1.87. The largest absolute Gasteiger partial charge is 0.0604 e. The van der Waals surface area contributed by atoms with Crippen LogP contribution in [0.3, 0.4) is 0 Å². The minimum atomic E-state index is 0.250. The number of hydrogen-bond acceptors (Lipinski definition) is 4. The summed E-state index contributed by atoms with van der Waals surface area (Å²) in [5.74, 6) is 0. The molecule has 2 atom stereocenters. The van der Waals surface area contributed by atoms with E-state index in [0.29, 0.717) is 0 Å². The Kier molecular flexibility index (Phi) is 2.18. The van der Waals surface area contributed by atoms with E-state index in [1.54, 1.807) is 40.4 Å². The molecule has 6 heteroatoms. The zero-order valence-corrected chi connectivity index (χ0v) is 16.8. The van der Waals surface area contributed by atoms with Crippen molar-refractivity contribution in [3.63, 3.8) is 0 Å². The van der Waals surface area contributed by atoms with Crippen molar-refractivity contribution in [3.8, 4) is 0 Å². The van der Waals surface area contributed by atoms with Crippen molar-refractivity contribution in [1.82, 2.24) is 0 Å². The number of hydrogen-bond donors (Lipinski definition) is 0. The second kappa shape index (κ2) is 4.02. The summed E-state index contributed by atoms with van der Waals surface area (Å²) >= 11 is 0. The molecule has 0 amide bonds. The van der Waals surface area contributed by atoms with Gasteiger partial charge in [-0.25, -0.2) is 0 Å². The Morgan fingerprint density at radius 1 is 0.542 bits per heavy atom. The summed E-state index contributed by atoms with van der Waals surface area (Å²) in [5.41, 5.74) is 0. The lowest BCUT2D eigenvalue weighted by atomic mass is 9.99. The minimum Gasteiger partial charge on any atom is -0.0604 e. The van der Waals surface area contributed by atoms with Crippen LogP contribution in [-0.4, -0.2) is 0 Å². The smallest absolute Gasteiger partial charge is 0.0367 e. The molecule has 0 fully saturated rings. The maximum absolute atomic E-state index is 2.37. The summed E-state index contributed by atoms with van der Waals surface area (Å²) in [5, 5.41) is 9.42. The lowest BCUT2D eigenvalue weighted by molar-refractivity contribution is 1.49. The van der Waals surface area contributed by atoms with Gasteiger partial charge >= 0.3 is 0 Å². The fourth-order valence-corrected chi connectivity index (χ4v) is 19.1. The Labute approximate surface area is 156 Å².